The summed E-state index contributed by atoms with van der Waals surface area (Å²) in [7, 11) is 0. The van der Waals surface area contributed by atoms with Crippen molar-refractivity contribution in [1.29, 1.82) is 0 Å². The average Bonchev–Trinajstić information content (AvgIpc) is 2.81. The maximum Gasteiger partial charge on any atom is 0.223 e. The highest BCUT2D eigenvalue weighted by molar-refractivity contribution is 5.85. The number of benzene rings is 1. The molecule has 118 valence electrons. The van der Waals surface area contributed by atoms with Crippen molar-refractivity contribution in [3.05, 3.63) is 35.9 Å². The standard InChI is InChI=1S/C17H26N2O.ClH/c1-13-9-14(11-18)12-19(13)16(20)10-17(2,3)15-7-5-4-6-8-15;/h4-8,13-14H,9-12,18H2,1-3H3;1H. The van der Waals surface area contributed by atoms with Gasteiger partial charge in [-0.1, -0.05) is 44.2 Å². The third-order valence-electron chi connectivity index (χ3n) is 4.46. The molecular weight excluding hydrogens is 284 g/mol. The Balaban J connectivity index is 0.00000220. The first-order valence-corrected chi connectivity index (χ1v) is 7.49. The second kappa shape index (κ2) is 7.28. The highest BCUT2D eigenvalue weighted by Crippen LogP contribution is 2.30. The Morgan fingerprint density at radius 3 is 2.48 bits per heavy atom. The number of hydrogen-bond acceptors (Lipinski definition) is 2. The van der Waals surface area contributed by atoms with Gasteiger partial charge >= 0.3 is 0 Å². The van der Waals surface area contributed by atoms with E-state index in [1.807, 2.05) is 23.1 Å². The highest BCUT2D eigenvalue weighted by Gasteiger charge is 2.34. The van der Waals surface area contributed by atoms with Crippen LogP contribution < -0.4 is 5.73 Å². The SMILES string of the molecule is CC1CC(CN)CN1C(=O)CC(C)(C)c1ccccc1.Cl. The van der Waals surface area contributed by atoms with Crippen molar-refractivity contribution < 1.29 is 4.79 Å². The van der Waals surface area contributed by atoms with Gasteiger partial charge in [-0.15, -0.1) is 12.4 Å². The molecule has 2 N–H and O–H groups in total. The molecule has 21 heavy (non-hydrogen) atoms. The second-order valence-electron chi connectivity index (χ2n) is 6.66. The normalized spacial score (nSPS) is 22.0. The van der Waals surface area contributed by atoms with Crippen LogP contribution in [-0.2, 0) is 10.2 Å². The summed E-state index contributed by atoms with van der Waals surface area (Å²) in [6.45, 7) is 7.91. The van der Waals surface area contributed by atoms with Crippen LogP contribution >= 0.6 is 12.4 Å². The van der Waals surface area contributed by atoms with Gasteiger partial charge in [-0.05, 0) is 36.8 Å². The molecule has 0 bridgehead atoms. The van der Waals surface area contributed by atoms with E-state index in [1.54, 1.807) is 0 Å². The topological polar surface area (TPSA) is 46.3 Å². The maximum absolute atomic E-state index is 12.6. The van der Waals surface area contributed by atoms with Crippen LogP contribution in [0.2, 0.25) is 0 Å². The lowest BCUT2D eigenvalue weighted by molar-refractivity contribution is -0.133. The largest absolute Gasteiger partial charge is 0.340 e. The summed E-state index contributed by atoms with van der Waals surface area (Å²) in [4.78, 5) is 14.6. The fourth-order valence-electron chi connectivity index (χ4n) is 3.13. The summed E-state index contributed by atoms with van der Waals surface area (Å²) in [6.07, 6.45) is 1.59. The van der Waals surface area contributed by atoms with Gasteiger partial charge in [-0.3, -0.25) is 4.79 Å². The molecular formula is C17H27ClN2O. The molecule has 2 unspecified atom stereocenters. The molecule has 1 heterocycles. The van der Waals surface area contributed by atoms with Gasteiger partial charge in [0.1, 0.15) is 0 Å². The third-order valence-corrected chi connectivity index (χ3v) is 4.46. The number of nitrogens with zero attached hydrogens (tertiary/aromatic N) is 1. The average molecular weight is 311 g/mol. The molecule has 0 spiro atoms. The minimum Gasteiger partial charge on any atom is -0.340 e. The molecule has 0 aliphatic carbocycles. The molecule has 1 fully saturated rings. The fraction of sp³-hybridized carbons (Fsp3) is 0.588. The van der Waals surface area contributed by atoms with Crippen molar-refractivity contribution in [1.82, 2.24) is 4.90 Å². The Kier molecular flexibility index (Phi) is 6.24. The molecule has 1 aliphatic heterocycles. The smallest absolute Gasteiger partial charge is 0.223 e. The lowest BCUT2D eigenvalue weighted by Gasteiger charge is -2.29. The third kappa shape index (κ3) is 4.21. The Morgan fingerprint density at radius 2 is 1.95 bits per heavy atom. The molecule has 2 rings (SSSR count). The van der Waals surface area contributed by atoms with E-state index in [4.69, 9.17) is 5.73 Å². The summed E-state index contributed by atoms with van der Waals surface area (Å²) < 4.78 is 0. The Morgan fingerprint density at radius 1 is 1.33 bits per heavy atom. The molecule has 1 aromatic carbocycles. The lowest BCUT2D eigenvalue weighted by atomic mass is 9.81. The van der Waals surface area contributed by atoms with Crippen LogP contribution in [-0.4, -0.2) is 29.9 Å². The van der Waals surface area contributed by atoms with Gasteiger partial charge in [0.15, 0.2) is 0 Å². The first kappa shape index (κ1) is 18.0. The molecule has 1 amide bonds. The number of hydrogen-bond donors (Lipinski definition) is 1. The van der Waals surface area contributed by atoms with Crippen LogP contribution in [0, 0.1) is 5.92 Å². The minimum absolute atomic E-state index is 0. The van der Waals surface area contributed by atoms with Crippen molar-refractivity contribution in [3.63, 3.8) is 0 Å². The minimum atomic E-state index is -0.126. The molecule has 0 saturated carbocycles. The van der Waals surface area contributed by atoms with Gasteiger partial charge in [-0.25, -0.2) is 0 Å². The van der Waals surface area contributed by atoms with Gasteiger partial charge in [0.05, 0.1) is 0 Å². The predicted octanol–water partition coefficient (Wildman–Crippen LogP) is 2.97. The zero-order chi connectivity index (χ0) is 14.8. The number of rotatable bonds is 4. The van der Waals surface area contributed by atoms with E-state index in [0.29, 0.717) is 24.9 Å². The molecule has 0 aromatic heterocycles. The Hall–Kier alpha value is -1.06. The second-order valence-corrected chi connectivity index (χ2v) is 6.66. The van der Waals surface area contributed by atoms with E-state index in [0.717, 1.165) is 13.0 Å². The number of halogens is 1. The molecule has 1 aromatic rings. The van der Waals surface area contributed by atoms with Crippen LogP contribution in [0.4, 0.5) is 0 Å². The molecule has 4 heteroatoms. The van der Waals surface area contributed by atoms with E-state index in [-0.39, 0.29) is 23.7 Å². The highest BCUT2D eigenvalue weighted by atomic mass is 35.5. The number of amides is 1. The molecule has 0 radical (unpaired) electrons. The van der Waals surface area contributed by atoms with E-state index in [2.05, 4.69) is 32.9 Å². The molecule has 2 atom stereocenters. The first-order chi connectivity index (χ1) is 9.44. The van der Waals surface area contributed by atoms with E-state index < -0.39 is 0 Å². The van der Waals surface area contributed by atoms with E-state index >= 15 is 0 Å². The quantitative estimate of drug-likeness (QED) is 0.929. The number of likely N-dealkylation sites (tertiary alicyclic amines) is 1. The fourth-order valence-corrected chi connectivity index (χ4v) is 3.13. The zero-order valence-corrected chi connectivity index (χ0v) is 14.0. The molecule has 1 saturated heterocycles. The van der Waals surface area contributed by atoms with Crippen molar-refractivity contribution in [2.45, 2.75) is 45.1 Å². The maximum atomic E-state index is 12.6. The van der Waals surface area contributed by atoms with Crippen molar-refractivity contribution in [3.8, 4) is 0 Å². The summed E-state index contributed by atoms with van der Waals surface area (Å²) in [5.41, 5.74) is 6.83. The van der Waals surface area contributed by atoms with Crippen molar-refractivity contribution in [2.24, 2.45) is 11.7 Å². The monoisotopic (exact) mass is 310 g/mol. The number of carbonyl (C=O) groups is 1. The van der Waals surface area contributed by atoms with Crippen LogP contribution in [0.1, 0.15) is 39.2 Å². The number of nitrogens with two attached hydrogens (primary N) is 1. The van der Waals surface area contributed by atoms with Crippen LogP contribution in [0.25, 0.3) is 0 Å². The summed E-state index contributed by atoms with van der Waals surface area (Å²) >= 11 is 0. The molecule has 1 aliphatic rings. The Bertz CT molecular complexity index is 461. The van der Waals surface area contributed by atoms with Gasteiger partial charge < -0.3 is 10.6 Å². The first-order valence-electron chi connectivity index (χ1n) is 7.49. The zero-order valence-electron chi connectivity index (χ0n) is 13.2. The van der Waals surface area contributed by atoms with E-state index in [9.17, 15) is 4.79 Å². The van der Waals surface area contributed by atoms with Crippen LogP contribution in [0.5, 0.6) is 0 Å². The van der Waals surface area contributed by atoms with Gasteiger partial charge in [-0.2, -0.15) is 0 Å². The van der Waals surface area contributed by atoms with Gasteiger partial charge in [0.2, 0.25) is 5.91 Å². The Labute approximate surface area is 134 Å². The van der Waals surface area contributed by atoms with Gasteiger partial charge in [0.25, 0.3) is 0 Å². The predicted molar refractivity (Wildman–Crippen MR) is 89.7 cm³/mol. The van der Waals surface area contributed by atoms with Crippen LogP contribution in [0.15, 0.2) is 30.3 Å². The summed E-state index contributed by atoms with van der Waals surface area (Å²) in [5, 5.41) is 0. The van der Waals surface area contributed by atoms with Crippen molar-refractivity contribution >= 4 is 18.3 Å². The summed E-state index contributed by atoms with van der Waals surface area (Å²) in [6, 6.07) is 10.6. The van der Waals surface area contributed by atoms with Crippen LogP contribution in [0.3, 0.4) is 0 Å². The van der Waals surface area contributed by atoms with E-state index in [1.165, 1.54) is 5.56 Å². The molecule has 3 nitrogen and oxygen atoms in total. The lowest BCUT2D eigenvalue weighted by Crippen LogP contribution is -2.38. The number of carbonyl (C=O) groups excluding carboxylic acids is 1. The van der Waals surface area contributed by atoms with Gasteiger partial charge in [0, 0.05) is 19.0 Å². The summed E-state index contributed by atoms with van der Waals surface area (Å²) in [5.74, 6) is 0.719. The van der Waals surface area contributed by atoms with Crippen molar-refractivity contribution in [2.75, 3.05) is 13.1 Å².